The first-order valence-corrected chi connectivity index (χ1v) is 6.74. The van der Waals surface area contributed by atoms with E-state index in [9.17, 15) is 5.11 Å². The zero-order chi connectivity index (χ0) is 12.5. The van der Waals surface area contributed by atoms with Crippen LogP contribution in [0.15, 0.2) is 0 Å². The Morgan fingerprint density at radius 1 is 1.47 bits per heavy atom. The first kappa shape index (κ1) is 13.3. The molecule has 0 aromatic carbocycles. The van der Waals surface area contributed by atoms with Crippen LogP contribution in [0.1, 0.15) is 26.7 Å². The first-order valence-electron chi connectivity index (χ1n) is 6.74. The molecule has 2 heterocycles. The Labute approximate surface area is 104 Å². The van der Waals surface area contributed by atoms with Crippen LogP contribution in [0, 0.1) is 5.92 Å². The van der Waals surface area contributed by atoms with Crippen molar-refractivity contribution in [2.75, 3.05) is 33.3 Å². The SMILES string of the molecule is COC1CN(C2CNCCC2(C)O)CCC1C. The summed E-state index contributed by atoms with van der Waals surface area (Å²) < 4.78 is 5.55. The first-order chi connectivity index (χ1) is 8.04. The van der Waals surface area contributed by atoms with Crippen molar-refractivity contribution in [3.63, 3.8) is 0 Å². The molecule has 2 N–H and O–H groups in total. The fourth-order valence-corrected chi connectivity index (χ4v) is 3.14. The monoisotopic (exact) mass is 242 g/mol. The molecule has 0 aliphatic carbocycles. The normalized spacial score (nSPS) is 44.8. The van der Waals surface area contributed by atoms with E-state index in [4.69, 9.17) is 4.74 Å². The third kappa shape index (κ3) is 2.81. The second kappa shape index (κ2) is 5.22. The van der Waals surface area contributed by atoms with Gasteiger partial charge in [0.15, 0.2) is 0 Å². The molecule has 17 heavy (non-hydrogen) atoms. The maximum Gasteiger partial charge on any atom is 0.0798 e. The van der Waals surface area contributed by atoms with Crippen molar-refractivity contribution < 1.29 is 9.84 Å². The molecule has 0 aromatic rings. The lowest BCUT2D eigenvalue weighted by Crippen LogP contribution is -2.63. The molecule has 0 saturated carbocycles. The molecule has 0 bridgehead atoms. The molecular weight excluding hydrogens is 216 g/mol. The van der Waals surface area contributed by atoms with E-state index in [0.29, 0.717) is 12.0 Å². The zero-order valence-electron chi connectivity index (χ0n) is 11.3. The van der Waals surface area contributed by atoms with Crippen molar-refractivity contribution in [3.05, 3.63) is 0 Å². The fraction of sp³-hybridized carbons (Fsp3) is 1.00. The van der Waals surface area contributed by atoms with Gasteiger partial charge in [-0.25, -0.2) is 0 Å². The standard InChI is InChI=1S/C13H26N2O2/c1-10-4-7-15(9-11(10)17-3)12-8-14-6-5-13(12,2)16/h10-12,14,16H,4-9H2,1-3H3. The highest BCUT2D eigenvalue weighted by Crippen LogP contribution is 2.28. The Hall–Kier alpha value is -0.160. The maximum atomic E-state index is 10.5. The molecule has 4 unspecified atom stereocenters. The maximum absolute atomic E-state index is 10.5. The Bertz CT molecular complexity index is 258. The van der Waals surface area contributed by atoms with Gasteiger partial charge in [0.2, 0.25) is 0 Å². The number of piperidine rings is 2. The number of nitrogens with zero attached hydrogens (tertiary/aromatic N) is 1. The van der Waals surface area contributed by atoms with Crippen molar-refractivity contribution in [2.45, 2.75) is 44.4 Å². The van der Waals surface area contributed by atoms with Crippen LogP contribution >= 0.6 is 0 Å². The summed E-state index contributed by atoms with van der Waals surface area (Å²) in [5, 5.41) is 13.9. The molecule has 2 fully saturated rings. The smallest absolute Gasteiger partial charge is 0.0798 e. The topological polar surface area (TPSA) is 44.7 Å². The lowest BCUT2D eigenvalue weighted by molar-refractivity contribution is -0.0888. The van der Waals surface area contributed by atoms with Crippen molar-refractivity contribution in [3.8, 4) is 0 Å². The average molecular weight is 242 g/mol. The van der Waals surface area contributed by atoms with Crippen LogP contribution in [-0.2, 0) is 4.74 Å². The molecule has 0 spiro atoms. The Kier molecular flexibility index (Phi) is 4.08. The van der Waals surface area contributed by atoms with Gasteiger partial charge in [-0.3, -0.25) is 4.90 Å². The predicted molar refractivity (Wildman–Crippen MR) is 68.0 cm³/mol. The molecule has 4 nitrogen and oxygen atoms in total. The van der Waals surface area contributed by atoms with Gasteiger partial charge < -0.3 is 15.2 Å². The molecule has 2 aliphatic heterocycles. The molecule has 4 heteroatoms. The summed E-state index contributed by atoms with van der Waals surface area (Å²) >= 11 is 0. The Morgan fingerprint density at radius 2 is 2.24 bits per heavy atom. The van der Waals surface area contributed by atoms with E-state index < -0.39 is 5.60 Å². The molecule has 2 aliphatic rings. The quantitative estimate of drug-likeness (QED) is 0.738. The third-order valence-electron chi connectivity index (χ3n) is 4.53. The highest BCUT2D eigenvalue weighted by Gasteiger charge is 2.41. The second-order valence-electron chi connectivity index (χ2n) is 5.86. The highest BCUT2D eigenvalue weighted by atomic mass is 16.5. The van der Waals surface area contributed by atoms with Crippen LogP contribution in [0.3, 0.4) is 0 Å². The summed E-state index contributed by atoms with van der Waals surface area (Å²) in [7, 11) is 1.79. The summed E-state index contributed by atoms with van der Waals surface area (Å²) in [6.07, 6.45) is 2.30. The molecule has 100 valence electrons. The van der Waals surface area contributed by atoms with E-state index in [0.717, 1.165) is 39.0 Å². The van der Waals surface area contributed by atoms with Gasteiger partial charge in [-0.05, 0) is 38.8 Å². The van der Waals surface area contributed by atoms with Crippen molar-refractivity contribution in [1.29, 1.82) is 0 Å². The van der Waals surface area contributed by atoms with E-state index in [1.807, 2.05) is 6.92 Å². The molecule has 0 amide bonds. The van der Waals surface area contributed by atoms with E-state index in [-0.39, 0.29) is 6.04 Å². The van der Waals surface area contributed by atoms with Crippen LogP contribution in [0.25, 0.3) is 0 Å². The van der Waals surface area contributed by atoms with Gasteiger partial charge in [0, 0.05) is 20.2 Å². The minimum Gasteiger partial charge on any atom is -0.388 e. The number of hydrogen-bond acceptors (Lipinski definition) is 4. The van der Waals surface area contributed by atoms with Gasteiger partial charge in [0.1, 0.15) is 0 Å². The van der Waals surface area contributed by atoms with E-state index in [1.165, 1.54) is 0 Å². The van der Waals surface area contributed by atoms with Gasteiger partial charge in [0.05, 0.1) is 17.7 Å². The number of nitrogens with one attached hydrogen (secondary N) is 1. The fourth-order valence-electron chi connectivity index (χ4n) is 3.14. The molecule has 4 atom stereocenters. The number of rotatable bonds is 2. The summed E-state index contributed by atoms with van der Waals surface area (Å²) in [6, 6.07) is 0.224. The predicted octanol–water partition coefficient (Wildman–Crippen LogP) is 0.456. The third-order valence-corrected chi connectivity index (χ3v) is 4.53. The van der Waals surface area contributed by atoms with Crippen LogP contribution in [-0.4, -0.2) is 61.0 Å². The number of ether oxygens (including phenoxy) is 1. The minimum absolute atomic E-state index is 0.224. The summed E-state index contributed by atoms with van der Waals surface area (Å²) in [4.78, 5) is 2.40. The van der Waals surface area contributed by atoms with Crippen molar-refractivity contribution in [1.82, 2.24) is 10.2 Å². The number of hydrogen-bond donors (Lipinski definition) is 2. The molecule has 2 saturated heterocycles. The zero-order valence-corrected chi connectivity index (χ0v) is 11.3. The largest absolute Gasteiger partial charge is 0.388 e. The molecular formula is C13H26N2O2. The lowest BCUT2D eigenvalue weighted by atomic mass is 9.85. The van der Waals surface area contributed by atoms with Crippen LogP contribution in [0.2, 0.25) is 0 Å². The van der Waals surface area contributed by atoms with E-state index in [1.54, 1.807) is 7.11 Å². The van der Waals surface area contributed by atoms with Crippen LogP contribution in [0.5, 0.6) is 0 Å². The second-order valence-corrected chi connectivity index (χ2v) is 5.86. The molecule has 2 rings (SSSR count). The average Bonchev–Trinajstić information content (AvgIpc) is 2.30. The van der Waals surface area contributed by atoms with E-state index >= 15 is 0 Å². The van der Waals surface area contributed by atoms with Crippen LogP contribution in [0.4, 0.5) is 0 Å². The Morgan fingerprint density at radius 3 is 2.88 bits per heavy atom. The summed E-state index contributed by atoms with van der Waals surface area (Å²) in [6.45, 7) is 8.05. The number of aliphatic hydroxyl groups is 1. The van der Waals surface area contributed by atoms with Crippen LogP contribution < -0.4 is 5.32 Å². The van der Waals surface area contributed by atoms with Crippen molar-refractivity contribution >= 4 is 0 Å². The minimum atomic E-state index is -0.565. The number of methoxy groups -OCH3 is 1. The van der Waals surface area contributed by atoms with Gasteiger partial charge in [-0.2, -0.15) is 0 Å². The van der Waals surface area contributed by atoms with Gasteiger partial charge in [-0.15, -0.1) is 0 Å². The highest BCUT2D eigenvalue weighted by molar-refractivity contribution is 4.97. The summed E-state index contributed by atoms with van der Waals surface area (Å²) in [5.74, 6) is 0.623. The van der Waals surface area contributed by atoms with E-state index in [2.05, 4.69) is 17.1 Å². The Balaban J connectivity index is 2.01. The van der Waals surface area contributed by atoms with Gasteiger partial charge >= 0.3 is 0 Å². The van der Waals surface area contributed by atoms with Gasteiger partial charge in [0.25, 0.3) is 0 Å². The van der Waals surface area contributed by atoms with Gasteiger partial charge in [-0.1, -0.05) is 6.92 Å². The molecule has 0 aromatic heterocycles. The lowest BCUT2D eigenvalue weighted by Gasteiger charge is -2.48. The van der Waals surface area contributed by atoms with Crippen molar-refractivity contribution in [2.24, 2.45) is 5.92 Å². The molecule has 0 radical (unpaired) electrons. The number of likely N-dealkylation sites (tertiary alicyclic amines) is 1. The summed E-state index contributed by atoms with van der Waals surface area (Å²) in [5.41, 5.74) is -0.565.